The minimum Gasteiger partial charge on any atom is -0.481 e. The maximum Gasteiger partial charge on any atom is 0.320 e. The highest BCUT2D eigenvalue weighted by molar-refractivity contribution is 5.84. The minimum absolute atomic E-state index is 0.112. The van der Waals surface area contributed by atoms with E-state index in [4.69, 9.17) is 0 Å². The Bertz CT molecular complexity index is 1200. The highest BCUT2D eigenvalue weighted by Gasteiger charge is 2.35. The van der Waals surface area contributed by atoms with Gasteiger partial charge in [0.05, 0.1) is 0 Å². The maximum atomic E-state index is 12.8. The second-order valence-corrected chi connectivity index (χ2v) is 13.6. The molecule has 7 N–H and O–H groups in total. The third-order valence-corrected chi connectivity index (χ3v) is 8.98. The zero-order chi connectivity index (χ0) is 39.1. The first-order chi connectivity index (χ1) is 23.6. The van der Waals surface area contributed by atoms with E-state index in [1.54, 1.807) is 20.8 Å². The van der Waals surface area contributed by atoms with Crippen LogP contribution in [-0.2, 0) is 38.4 Å². The SMILES string of the molecule is CC(C)(C)C(=O)CCC(C(=O)O)N1CCN(C(CCC(=O)O)C(=O)O)CCN(C(CCC(=O)O)C(=O)O)CCN(C(CCC(=O)O)C(=O)O)CC1. The summed E-state index contributed by atoms with van der Waals surface area (Å²) in [4.78, 5) is 102. The van der Waals surface area contributed by atoms with Gasteiger partial charge in [0.1, 0.15) is 30.0 Å². The van der Waals surface area contributed by atoms with Crippen molar-refractivity contribution in [3.05, 3.63) is 0 Å². The van der Waals surface area contributed by atoms with Crippen molar-refractivity contribution in [2.45, 2.75) is 96.3 Å². The number of nitrogens with zero attached hydrogens (tertiary/aromatic N) is 4. The van der Waals surface area contributed by atoms with Gasteiger partial charge in [-0.1, -0.05) is 20.8 Å². The van der Waals surface area contributed by atoms with E-state index in [-0.39, 0.29) is 90.2 Å². The van der Waals surface area contributed by atoms with Crippen molar-refractivity contribution >= 4 is 47.6 Å². The number of hydrogen-bond acceptors (Lipinski definition) is 12. The van der Waals surface area contributed by atoms with Crippen LogP contribution in [0.1, 0.15) is 72.1 Å². The molecular weight excluding hydrogens is 680 g/mol. The van der Waals surface area contributed by atoms with Crippen LogP contribution in [0.5, 0.6) is 0 Å². The average molecular weight is 733 g/mol. The highest BCUT2D eigenvalue weighted by Crippen LogP contribution is 2.21. The first kappa shape index (κ1) is 44.8. The number of Topliss-reactive ketones (excluding diaryl/α,β-unsaturated/α-hetero) is 1. The van der Waals surface area contributed by atoms with Crippen molar-refractivity contribution in [1.82, 2.24) is 19.6 Å². The molecule has 19 heteroatoms. The predicted octanol–water partition coefficient (Wildman–Crippen LogP) is 0.0106. The Hall–Kier alpha value is -4.20. The number of carboxylic acids is 7. The van der Waals surface area contributed by atoms with E-state index < -0.39 is 90.6 Å². The summed E-state index contributed by atoms with van der Waals surface area (Å²) >= 11 is 0. The molecule has 1 fully saturated rings. The van der Waals surface area contributed by atoms with E-state index in [0.29, 0.717) is 0 Å². The first-order valence-corrected chi connectivity index (χ1v) is 16.7. The second-order valence-electron chi connectivity index (χ2n) is 13.6. The largest absolute Gasteiger partial charge is 0.481 e. The molecule has 0 aromatic rings. The maximum absolute atomic E-state index is 12.8. The predicted molar refractivity (Wildman–Crippen MR) is 176 cm³/mol. The van der Waals surface area contributed by atoms with Crippen LogP contribution in [0.2, 0.25) is 0 Å². The highest BCUT2D eigenvalue weighted by atomic mass is 16.4. The molecule has 1 saturated heterocycles. The van der Waals surface area contributed by atoms with Crippen LogP contribution in [-0.4, -0.2) is 179 Å². The number of carbonyl (C=O) groups excluding carboxylic acids is 1. The quantitative estimate of drug-likeness (QED) is 0.0867. The third kappa shape index (κ3) is 16.1. The van der Waals surface area contributed by atoms with Gasteiger partial charge in [0.2, 0.25) is 0 Å². The van der Waals surface area contributed by atoms with Gasteiger partial charge >= 0.3 is 41.8 Å². The molecule has 0 spiro atoms. The second kappa shape index (κ2) is 21.2. The Balaban J connectivity index is 3.74. The third-order valence-electron chi connectivity index (χ3n) is 8.98. The molecule has 0 radical (unpaired) electrons. The van der Waals surface area contributed by atoms with E-state index in [2.05, 4.69) is 0 Å². The van der Waals surface area contributed by atoms with Crippen LogP contribution in [0, 0.1) is 5.41 Å². The van der Waals surface area contributed by atoms with Gasteiger partial charge in [0, 0.05) is 83.5 Å². The molecular formula is C32H52N4O15. The van der Waals surface area contributed by atoms with Crippen LogP contribution < -0.4 is 0 Å². The number of carboxylic acid groups (broad SMARTS) is 7. The smallest absolute Gasteiger partial charge is 0.320 e. The molecule has 0 amide bonds. The number of rotatable bonds is 20. The lowest BCUT2D eigenvalue weighted by Gasteiger charge is -2.40. The summed E-state index contributed by atoms with van der Waals surface area (Å²) in [6.45, 7) is 3.74. The van der Waals surface area contributed by atoms with Crippen molar-refractivity contribution in [2.24, 2.45) is 5.41 Å². The molecule has 0 bridgehead atoms. The van der Waals surface area contributed by atoms with Crippen LogP contribution in [0.4, 0.5) is 0 Å². The van der Waals surface area contributed by atoms with Crippen LogP contribution >= 0.6 is 0 Å². The fourth-order valence-corrected chi connectivity index (χ4v) is 5.99. The van der Waals surface area contributed by atoms with Gasteiger partial charge in [-0.05, 0) is 25.7 Å². The van der Waals surface area contributed by atoms with E-state index >= 15 is 0 Å². The molecule has 4 atom stereocenters. The van der Waals surface area contributed by atoms with E-state index in [1.807, 2.05) is 0 Å². The van der Waals surface area contributed by atoms with E-state index in [0.717, 1.165) is 0 Å². The summed E-state index contributed by atoms with van der Waals surface area (Å²) in [5.41, 5.74) is -0.764. The van der Waals surface area contributed by atoms with Gasteiger partial charge in [0.15, 0.2) is 0 Å². The molecule has 19 nitrogen and oxygen atoms in total. The van der Waals surface area contributed by atoms with Crippen LogP contribution in [0.15, 0.2) is 0 Å². The van der Waals surface area contributed by atoms with Gasteiger partial charge in [-0.25, -0.2) is 0 Å². The van der Waals surface area contributed by atoms with Crippen LogP contribution in [0.25, 0.3) is 0 Å². The van der Waals surface area contributed by atoms with E-state index in [1.165, 1.54) is 19.6 Å². The van der Waals surface area contributed by atoms with Crippen molar-refractivity contribution in [3.8, 4) is 0 Å². The molecule has 0 aromatic heterocycles. The summed E-state index contributed by atoms with van der Waals surface area (Å²) < 4.78 is 0. The number of aliphatic carboxylic acids is 7. The molecule has 0 aliphatic carbocycles. The van der Waals surface area contributed by atoms with Crippen molar-refractivity contribution in [3.63, 3.8) is 0 Å². The van der Waals surface area contributed by atoms with Gasteiger partial charge in [-0.3, -0.25) is 58.0 Å². The number of carbonyl (C=O) groups is 8. The molecule has 0 aromatic carbocycles. The monoisotopic (exact) mass is 732 g/mol. The zero-order valence-electron chi connectivity index (χ0n) is 29.3. The van der Waals surface area contributed by atoms with Gasteiger partial charge in [0.25, 0.3) is 0 Å². The lowest BCUT2D eigenvalue weighted by molar-refractivity contribution is -0.149. The topological polar surface area (TPSA) is 291 Å². The molecule has 1 heterocycles. The minimum atomic E-state index is -1.40. The number of ketones is 1. The van der Waals surface area contributed by atoms with Crippen LogP contribution in [0.3, 0.4) is 0 Å². The lowest BCUT2D eigenvalue weighted by atomic mass is 9.87. The first-order valence-electron chi connectivity index (χ1n) is 16.7. The van der Waals surface area contributed by atoms with E-state index in [9.17, 15) is 74.1 Å². The van der Waals surface area contributed by atoms with Crippen molar-refractivity contribution < 1.29 is 74.1 Å². The molecule has 1 aliphatic heterocycles. The van der Waals surface area contributed by atoms with Crippen molar-refractivity contribution in [1.29, 1.82) is 0 Å². The Kier molecular flexibility index (Phi) is 18.7. The van der Waals surface area contributed by atoms with Gasteiger partial charge in [-0.15, -0.1) is 0 Å². The summed E-state index contributed by atoms with van der Waals surface area (Å²) in [6.07, 6.45) is -2.85. The van der Waals surface area contributed by atoms with Crippen molar-refractivity contribution in [2.75, 3.05) is 52.4 Å². The standard InChI is InChI=1S/C32H52N4O15/c1-32(2,3)24(37)8-4-20(28(44)45)33-12-14-34(21(29(46)47)5-9-25(38)39)16-18-36(23(31(50)51)7-11-27(42)43)19-17-35(15-13-33)22(30(48)49)6-10-26(40)41/h20-23H,4-19H2,1-3H3,(H,38,39)(H,40,41)(H,42,43)(H,44,45)(H,46,47)(H,48,49)(H,50,51). The summed E-state index contributed by atoms with van der Waals surface area (Å²) in [6, 6.07) is -5.45. The Labute approximate surface area is 295 Å². The molecule has 1 rings (SSSR count). The molecule has 0 saturated carbocycles. The molecule has 1 aliphatic rings. The summed E-state index contributed by atoms with van der Waals surface area (Å²) in [7, 11) is 0. The molecule has 290 valence electrons. The van der Waals surface area contributed by atoms with Gasteiger partial charge < -0.3 is 35.7 Å². The Morgan fingerprint density at radius 2 is 0.608 bits per heavy atom. The lowest BCUT2D eigenvalue weighted by Crippen LogP contribution is -2.56. The molecule has 4 unspecified atom stereocenters. The van der Waals surface area contributed by atoms with Gasteiger partial charge in [-0.2, -0.15) is 0 Å². The molecule has 51 heavy (non-hydrogen) atoms. The fraction of sp³-hybridized carbons (Fsp3) is 0.750. The Morgan fingerprint density at radius 3 is 0.765 bits per heavy atom. The fourth-order valence-electron chi connectivity index (χ4n) is 5.99. The normalized spacial score (nSPS) is 18.6. The summed E-state index contributed by atoms with van der Waals surface area (Å²) in [5, 5.41) is 68.3. The number of hydrogen-bond donors (Lipinski definition) is 7. The Morgan fingerprint density at radius 1 is 0.412 bits per heavy atom. The summed E-state index contributed by atoms with van der Waals surface area (Å²) in [5.74, 6) is -9.42. The zero-order valence-corrected chi connectivity index (χ0v) is 29.3. The average Bonchev–Trinajstić information content (AvgIpc) is 2.99.